The summed E-state index contributed by atoms with van der Waals surface area (Å²) in [5.41, 5.74) is 1.15. The monoisotopic (exact) mass is 154 g/mol. The van der Waals surface area contributed by atoms with Crippen molar-refractivity contribution in [2.24, 2.45) is 0 Å². The zero-order chi connectivity index (χ0) is 8.27. The lowest BCUT2D eigenvalue weighted by Gasteiger charge is -2.05. The first kappa shape index (κ1) is 8.11. The molecular weight excluding hydrogens is 140 g/mol. The Bertz CT molecular complexity index is 230. The quantitative estimate of drug-likeness (QED) is 0.661. The number of aromatic nitrogens is 2. The molecule has 0 unspecified atom stereocenters. The van der Waals surface area contributed by atoms with Gasteiger partial charge in [-0.1, -0.05) is 0 Å². The molecule has 0 saturated carbocycles. The first-order chi connectivity index (χ1) is 5.29. The highest BCUT2D eigenvalue weighted by Gasteiger charge is 2.03. The van der Waals surface area contributed by atoms with Gasteiger partial charge >= 0.3 is 0 Å². The molecule has 11 heavy (non-hydrogen) atoms. The van der Waals surface area contributed by atoms with Crippen LogP contribution in [0.25, 0.3) is 0 Å². The van der Waals surface area contributed by atoms with Gasteiger partial charge in [-0.3, -0.25) is 4.57 Å². The fourth-order valence-corrected chi connectivity index (χ4v) is 1.07. The molecule has 0 saturated heterocycles. The van der Waals surface area contributed by atoms with Crippen LogP contribution in [0.3, 0.4) is 0 Å². The van der Waals surface area contributed by atoms with Gasteiger partial charge in [0, 0.05) is 12.2 Å². The van der Waals surface area contributed by atoms with Crippen molar-refractivity contribution >= 4 is 0 Å². The second kappa shape index (κ2) is 3.42. The van der Waals surface area contributed by atoms with Crippen molar-refractivity contribution < 1.29 is 4.74 Å². The molecule has 0 spiro atoms. The molecule has 1 heterocycles. The highest BCUT2D eigenvalue weighted by atomic mass is 16.5. The Balaban J connectivity index is 2.86. The summed E-state index contributed by atoms with van der Waals surface area (Å²) in [5.74, 6) is 0. The molecule has 62 valence electrons. The van der Waals surface area contributed by atoms with E-state index in [9.17, 15) is 0 Å². The summed E-state index contributed by atoms with van der Waals surface area (Å²) in [7, 11) is 0. The number of hydrogen-bond donors (Lipinski definition) is 0. The van der Waals surface area contributed by atoms with Crippen molar-refractivity contribution in [1.29, 1.82) is 0 Å². The molecule has 0 bridgehead atoms. The summed E-state index contributed by atoms with van der Waals surface area (Å²) in [4.78, 5) is 4.12. The maximum Gasteiger partial charge on any atom is 0.296 e. The Morgan fingerprint density at radius 2 is 2.27 bits per heavy atom. The maximum atomic E-state index is 5.30. The van der Waals surface area contributed by atoms with Crippen molar-refractivity contribution in [3.63, 3.8) is 0 Å². The molecule has 1 aromatic heterocycles. The minimum atomic E-state index is 0.677. The van der Waals surface area contributed by atoms with Crippen molar-refractivity contribution in [2.45, 2.75) is 27.3 Å². The number of hydrogen-bond acceptors (Lipinski definition) is 2. The third kappa shape index (κ3) is 1.53. The standard InChI is InChI=1S/C8H14N2O/c1-4-10-7(3)6-9-8(10)11-5-2/h6H,4-5H2,1-3H3. The highest BCUT2D eigenvalue weighted by Crippen LogP contribution is 2.11. The molecule has 0 amide bonds. The van der Waals surface area contributed by atoms with Gasteiger partial charge in [0.25, 0.3) is 6.01 Å². The van der Waals surface area contributed by atoms with Crippen LogP contribution < -0.4 is 4.74 Å². The Morgan fingerprint density at radius 3 is 2.82 bits per heavy atom. The molecule has 3 nitrogen and oxygen atoms in total. The summed E-state index contributed by atoms with van der Waals surface area (Å²) in [6, 6.07) is 0.729. The van der Waals surface area contributed by atoms with Crippen LogP contribution in [0.15, 0.2) is 6.20 Å². The summed E-state index contributed by atoms with van der Waals surface area (Å²) < 4.78 is 7.35. The van der Waals surface area contributed by atoms with Crippen molar-refractivity contribution in [3.8, 4) is 6.01 Å². The van der Waals surface area contributed by atoms with Crippen LogP contribution in [-0.2, 0) is 6.54 Å². The SMILES string of the molecule is CCOc1ncc(C)n1CC. The lowest BCUT2D eigenvalue weighted by molar-refractivity contribution is 0.297. The normalized spacial score (nSPS) is 10.1. The Kier molecular flexibility index (Phi) is 2.52. The third-order valence-corrected chi connectivity index (χ3v) is 1.61. The predicted octanol–water partition coefficient (Wildman–Crippen LogP) is 1.61. The largest absolute Gasteiger partial charge is 0.465 e. The van der Waals surface area contributed by atoms with Crippen LogP contribution in [-0.4, -0.2) is 16.2 Å². The van der Waals surface area contributed by atoms with Crippen LogP contribution in [0, 0.1) is 6.92 Å². The average Bonchev–Trinajstić information content (AvgIpc) is 2.33. The van der Waals surface area contributed by atoms with E-state index < -0.39 is 0 Å². The zero-order valence-electron chi connectivity index (χ0n) is 7.29. The molecule has 0 aliphatic carbocycles. The first-order valence-electron chi connectivity index (χ1n) is 3.94. The van der Waals surface area contributed by atoms with Gasteiger partial charge in [-0.05, 0) is 20.8 Å². The third-order valence-electron chi connectivity index (χ3n) is 1.61. The molecular formula is C8H14N2O. The lowest BCUT2D eigenvalue weighted by atomic mass is 10.5. The molecule has 0 N–H and O–H groups in total. The molecule has 0 fully saturated rings. The second-order valence-corrected chi connectivity index (χ2v) is 2.36. The zero-order valence-corrected chi connectivity index (χ0v) is 7.29. The van der Waals surface area contributed by atoms with Crippen LogP contribution in [0.4, 0.5) is 0 Å². The lowest BCUT2D eigenvalue weighted by Crippen LogP contribution is -2.03. The Hall–Kier alpha value is -0.990. The Morgan fingerprint density at radius 1 is 1.55 bits per heavy atom. The topological polar surface area (TPSA) is 27.1 Å². The van der Waals surface area contributed by atoms with Gasteiger partial charge in [-0.25, -0.2) is 4.98 Å². The summed E-state index contributed by atoms with van der Waals surface area (Å²) in [6.07, 6.45) is 1.83. The predicted molar refractivity (Wildman–Crippen MR) is 43.8 cm³/mol. The van der Waals surface area contributed by atoms with E-state index in [0.29, 0.717) is 6.61 Å². The van der Waals surface area contributed by atoms with Gasteiger partial charge < -0.3 is 4.74 Å². The van der Waals surface area contributed by atoms with Crippen molar-refractivity contribution in [3.05, 3.63) is 11.9 Å². The van der Waals surface area contributed by atoms with Gasteiger partial charge in [0.1, 0.15) is 0 Å². The molecule has 1 aromatic rings. The first-order valence-corrected chi connectivity index (χ1v) is 3.94. The Labute approximate surface area is 67.0 Å². The van der Waals surface area contributed by atoms with E-state index in [1.165, 1.54) is 0 Å². The van der Waals surface area contributed by atoms with E-state index in [-0.39, 0.29) is 0 Å². The van der Waals surface area contributed by atoms with Gasteiger partial charge in [-0.15, -0.1) is 0 Å². The van der Waals surface area contributed by atoms with E-state index >= 15 is 0 Å². The minimum Gasteiger partial charge on any atom is -0.465 e. The van der Waals surface area contributed by atoms with Gasteiger partial charge in [-0.2, -0.15) is 0 Å². The molecule has 0 aliphatic rings. The number of ether oxygens (including phenoxy) is 1. The summed E-state index contributed by atoms with van der Waals surface area (Å²) in [5, 5.41) is 0. The molecule has 0 radical (unpaired) electrons. The number of nitrogens with zero attached hydrogens (tertiary/aromatic N) is 2. The second-order valence-electron chi connectivity index (χ2n) is 2.36. The van der Waals surface area contributed by atoms with E-state index in [1.54, 1.807) is 0 Å². The van der Waals surface area contributed by atoms with E-state index in [2.05, 4.69) is 11.9 Å². The van der Waals surface area contributed by atoms with Crippen molar-refractivity contribution in [1.82, 2.24) is 9.55 Å². The van der Waals surface area contributed by atoms with Crippen LogP contribution in [0.5, 0.6) is 6.01 Å². The number of rotatable bonds is 3. The van der Waals surface area contributed by atoms with E-state index in [1.807, 2.05) is 24.6 Å². The van der Waals surface area contributed by atoms with Crippen LogP contribution in [0.1, 0.15) is 19.5 Å². The van der Waals surface area contributed by atoms with Gasteiger partial charge in [0.05, 0.1) is 12.8 Å². The molecule has 0 aliphatic heterocycles. The number of aryl methyl sites for hydroxylation is 1. The smallest absolute Gasteiger partial charge is 0.296 e. The van der Waals surface area contributed by atoms with E-state index in [4.69, 9.17) is 4.74 Å². The van der Waals surface area contributed by atoms with Crippen LogP contribution >= 0.6 is 0 Å². The number of imidazole rings is 1. The van der Waals surface area contributed by atoms with Gasteiger partial charge in [0.2, 0.25) is 0 Å². The highest BCUT2D eigenvalue weighted by molar-refractivity contribution is 5.07. The fraction of sp³-hybridized carbons (Fsp3) is 0.625. The van der Waals surface area contributed by atoms with Gasteiger partial charge in [0.15, 0.2) is 0 Å². The summed E-state index contributed by atoms with van der Waals surface area (Å²) >= 11 is 0. The minimum absolute atomic E-state index is 0.677. The molecule has 3 heteroatoms. The van der Waals surface area contributed by atoms with Crippen LogP contribution in [0.2, 0.25) is 0 Å². The van der Waals surface area contributed by atoms with E-state index in [0.717, 1.165) is 18.2 Å². The maximum absolute atomic E-state index is 5.30. The molecule has 0 atom stereocenters. The fourth-order valence-electron chi connectivity index (χ4n) is 1.07. The summed E-state index contributed by atoms with van der Waals surface area (Å²) in [6.45, 7) is 7.66. The van der Waals surface area contributed by atoms with Crippen molar-refractivity contribution in [2.75, 3.05) is 6.61 Å². The molecule has 0 aromatic carbocycles. The average molecular weight is 154 g/mol. The molecule has 1 rings (SSSR count).